The predicted octanol–water partition coefficient (Wildman–Crippen LogP) is 3.18. The lowest BCUT2D eigenvalue weighted by Crippen LogP contribution is -2.39. The molecule has 0 amide bonds. The number of esters is 1. The van der Waals surface area contributed by atoms with Crippen LogP contribution in [0.1, 0.15) is 31.2 Å². The SMILES string of the molecule is CCOC(=O)C1=C(C)N=c2s/c(=C\c3ccc(N(C)C)o3)c(=O)n2[C@H]1c1ccc(SC)cc1. The van der Waals surface area contributed by atoms with Gasteiger partial charge in [-0.2, -0.15) is 0 Å². The molecular weight excluding hydrogens is 458 g/mol. The molecule has 3 heterocycles. The van der Waals surface area contributed by atoms with E-state index in [9.17, 15) is 9.59 Å². The maximum atomic E-state index is 13.5. The Bertz CT molecular complexity index is 1390. The highest BCUT2D eigenvalue weighted by molar-refractivity contribution is 7.98. The van der Waals surface area contributed by atoms with E-state index in [0.717, 1.165) is 10.5 Å². The van der Waals surface area contributed by atoms with E-state index in [1.807, 2.05) is 61.6 Å². The molecule has 1 aliphatic heterocycles. The highest BCUT2D eigenvalue weighted by Crippen LogP contribution is 2.31. The number of allylic oxidation sites excluding steroid dienone is 1. The summed E-state index contributed by atoms with van der Waals surface area (Å²) >= 11 is 2.91. The summed E-state index contributed by atoms with van der Waals surface area (Å²) in [6, 6.07) is 10.9. The summed E-state index contributed by atoms with van der Waals surface area (Å²) in [7, 11) is 3.77. The number of benzene rings is 1. The van der Waals surface area contributed by atoms with Crippen molar-refractivity contribution in [1.82, 2.24) is 4.57 Å². The predicted molar refractivity (Wildman–Crippen MR) is 132 cm³/mol. The van der Waals surface area contributed by atoms with Crippen LogP contribution in [0.3, 0.4) is 0 Å². The molecule has 0 spiro atoms. The van der Waals surface area contributed by atoms with Crippen molar-refractivity contribution >= 4 is 41.0 Å². The molecule has 0 saturated carbocycles. The number of aromatic nitrogens is 1. The summed E-state index contributed by atoms with van der Waals surface area (Å²) in [6.07, 6.45) is 3.72. The number of rotatable bonds is 6. The van der Waals surface area contributed by atoms with Gasteiger partial charge in [0.15, 0.2) is 10.7 Å². The average Bonchev–Trinajstić information content (AvgIpc) is 3.38. The molecule has 172 valence electrons. The van der Waals surface area contributed by atoms with Gasteiger partial charge in [0.05, 0.1) is 28.5 Å². The van der Waals surface area contributed by atoms with E-state index in [0.29, 0.717) is 32.2 Å². The molecule has 0 bridgehead atoms. The number of ether oxygens (including phenoxy) is 1. The normalized spacial score (nSPS) is 15.9. The summed E-state index contributed by atoms with van der Waals surface area (Å²) < 4.78 is 13.2. The molecule has 1 atom stereocenters. The molecule has 0 aliphatic carbocycles. The first kappa shape index (κ1) is 23.1. The van der Waals surface area contributed by atoms with Gasteiger partial charge >= 0.3 is 5.97 Å². The second-order valence-corrected chi connectivity index (χ2v) is 9.53. The molecule has 0 fully saturated rings. The first-order valence-electron chi connectivity index (χ1n) is 10.4. The van der Waals surface area contributed by atoms with Crippen molar-refractivity contribution in [2.24, 2.45) is 4.99 Å². The molecule has 7 nitrogen and oxygen atoms in total. The second kappa shape index (κ2) is 9.44. The van der Waals surface area contributed by atoms with E-state index in [2.05, 4.69) is 4.99 Å². The fourth-order valence-corrected chi connectivity index (χ4v) is 5.12. The van der Waals surface area contributed by atoms with Gasteiger partial charge in [-0.05, 0) is 43.9 Å². The molecule has 3 aromatic rings. The molecule has 1 aromatic carbocycles. The van der Waals surface area contributed by atoms with Crippen LogP contribution in [0.25, 0.3) is 6.08 Å². The number of hydrogen-bond donors (Lipinski definition) is 0. The van der Waals surface area contributed by atoms with Crippen LogP contribution < -0.4 is 19.8 Å². The Balaban J connectivity index is 1.91. The maximum absolute atomic E-state index is 13.5. The van der Waals surface area contributed by atoms with E-state index < -0.39 is 12.0 Å². The number of carbonyl (C=O) groups excluding carboxylic acids is 1. The van der Waals surface area contributed by atoms with Gasteiger partial charge in [0, 0.05) is 31.1 Å². The number of hydrogen-bond acceptors (Lipinski definition) is 8. The van der Waals surface area contributed by atoms with E-state index in [1.54, 1.807) is 36.3 Å². The number of anilines is 1. The molecule has 0 N–H and O–H groups in total. The lowest BCUT2D eigenvalue weighted by molar-refractivity contribution is -0.139. The van der Waals surface area contributed by atoms with E-state index in [1.165, 1.54) is 11.3 Å². The lowest BCUT2D eigenvalue weighted by atomic mass is 9.96. The summed E-state index contributed by atoms with van der Waals surface area (Å²) in [5, 5.41) is 0. The van der Waals surface area contributed by atoms with Gasteiger partial charge in [0.1, 0.15) is 5.76 Å². The highest BCUT2D eigenvalue weighted by Gasteiger charge is 2.33. The number of fused-ring (bicyclic) bond motifs is 1. The fraction of sp³-hybridized carbons (Fsp3) is 0.292. The van der Waals surface area contributed by atoms with Gasteiger partial charge in [-0.25, -0.2) is 9.79 Å². The summed E-state index contributed by atoms with van der Waals surface area (Å²) in [6.45, 7) is 3.78. The Kier molecular flexibility index (Phi) is 6.62. The molecule has 2 aromatic heterocycles. The Morgan fingerprint density at radius 2 is 2.00 bits per heavy atom. The van der Waals surface area contributed by atoms with Gasteiger partial charge < -0.3 is 14.1 Å². The summed E-state index contributed by atoms with van der Waals surface area (Å²) in [5.74, 6) is 0.807. The minimum Gasteiger partial charge on any atom is -0.463 e. The van der Waals surface area contributed by atoms with Crippen LogP contribution in [0.2, 0.25) is 0 Å². The van der Waals surface area contributed by atoms with Crippen LogP contribution in [-0.4, -0.2) is 37.5 Å². The van der Waals surface area contributed by atoms with Crippen LogP contribution in [0.4, 0.5) is 5.88 Å². The van der Waals surface area contributed by atoms with E-state index in [4.69, 9.17) is 9.15 Å². The van der Waals surface area contributed by atoms with Crippen molar-refractivity contribution in [3.8, 4) is 0 Å². The molecule has 0 radical (unpaired) electrons. The quantitative estimate of drug-likeness (QED) is 0.396. The first-order chi connectivity index (χ1) is 15.8. The molecule has 0 saturated heterocycles. The standard InChI is InChI=1S/C24H25N3O4S2/c1-6-30-23(29)20-14(2)25-24-27(21(20)15-7-10-17(32-5)11-8-15)22(28)18(33-24)13-16-9-12-19(31-16)26(3)4/h7-13,21H,6H2,1-5H3/b18-13-/t21-/m0/s1. The third kappa shape index (κ3) is 4.43. The monoisotopic (exact) mass is 483 g/mol. The third-order valence-electron chi connectivity index (χ3n) is 5.28. The summed E-state index contributed by atoms with van der Waals surface area (Å²) in [5.41, 5.74) is 1.52. The van der Waals surface area contributed by atoms with Crippen molar-refractivity contribution in [2.75, 3.05) is 31.9 Å². The van der Waals surface area contributed by atoms with Crippen molar-refractivity contribution in [2.45, 2.75) is 24.8 Å². The Morgan fingerprint density at radius 1 is 1.27 bits per heavy atom. The van der Waals surface area contributed by atoms with E-state index in [-0.39, 0.29) is 12.2 Å². The maximum Gasteiger partial charge on any atom is 0.338 e. The van der Waals surface area contributed by atoms with Gasteiger partial charge in [-0.1, -0.05) is 23.5 Å². The molecule has 9 heteroatoms. The zero-order chi connectivity index (χ0) is 23.7. The second-order valence-electron chi connectivity index (χ2n) is 7.65. The van der Waals surface area contributed by atoms with Gasteiger partial charge in [0.25, 0.3) is 5.56 Å². The van der Waals surface area contributed by atoms with Gasteiger partial charge in [-0.3, -0.25) is 9.36 Å². The minimum absolute atomic E-state index is 0.227. The number of thiazole rings is 1. The van der Waals surface area contributed by atoms with Crippen LogP contribution in [0.15, 0.2) is 66.8 Å². The van der Waals surface area contributed by atoms with Crippen molar-refractivity contribution in [1.29, 1.82) is 0 Å². The molecule has 0 unspecified atom stereocenters. The van der Waals surface area contributed by atoms with Crippen molar-refractivity contribution < 1.29 is 13.9 Å². The molecule has 33 heavy (non-hydrogen) atoms. The smallest absolute Gasteiger partial charge is 0.338 e. The van der Waals surface area contributed by atoms with Crippen molar-refractivity contribution in [3.63, 3.8) is 0 Å². The van der Waals surface area contributed by atoms with Crippen LogP contribution in [0, 0.1) is 0 Å². The number of carbonyl (C=O) groups is 1. The third-order valence-corrected chi connectivity index (χ3v) is 7.00. The zero-order valence-electron chi connectivity index (χ0n) is 19.1. The summed E-state index contributed by atoms with van der Waals surface area (Å²) in [4.78, 5) is 34.5. The lowest BCUT2D eigenvalue weighted by Gasteiger charge is -2.24. The molecule has 1 aliphatic rings. The Labute approximate surface area is 199 Å². The highest BCUT2D eigenvalue weighted by atomic mass is 32.2. The Hall–Kier alpha value is -3.04. The molecular formula is C24H25N3O4S2. The number of furan rings is 1. The average molecular weight is 484 g/mol. The first-order valence-corrected chi connectivity index (χ1v) is 12.5. The number of nitrogens with zero attached hydrogens (tertiary/aromatic N) is 3. The minimum atomic E-state index is -0.618. The topological polar surface area (TPSA) is 77.0 Å². The van der Waals surface area contributed by atoms with Crippen LogP contribution in [0.5, 0.6) is 0 Å². The van der Waals surface area contributed by atoms with Gasteiger partial charge in [0.2, 0.25) is 0 Å². The van der Waals surface area contributed by atoms with Gasteiger partial charge in [-0.15, -0.1) is 11.8 Å². The Morgan fingerprint density at radius 3 is 2.61 bits per heavy atom. The molecule has 4 rings (SSSR count). The largest absolute Gasteiger partial charge is 0.463 e. The van der Waals surface area contributed by atoms with Crippen LogP contribution >= 0.6 is 23.1 Å². The number of thioether (sulfide) groups is 1. The van der Waals surface area contributed by atoms with Crippen LogP contribution in [-0.2, 0) is 9.53 Å². The van der Waals surface area contributed by atoms with E-state index >= 15 is 0 Å². The zero-order valence-corrected chi connectivity index (χ0v) is 20.8. The fourth-order valence-electron chi connectivity index (χ4n) is 3.68. The van der Waals surface area contributed by atoms with Crippen molar-refractivity contribution in [3.05, 3.63) is 78.7 Å².